The molecule has 3 aromatic carbocycles. The topological polar surface area (TPSA) is 105 Å². The quantitative estimate of drug-likeness (QED) is 0.404. The maximum atomic E-state index is 12.5. The molecule has 3 aromatic rings. The molecule has 1 atom stereocenters. The highest BCUT2D eigenvalue weighted by atomic mass is 79.9. The van der Waals surface area contributed by atoms with Crippen LogP contribution in [0.4, 0.5) is 17.1 Å². The molecule has 0 unspecified atom stereocenters. The van der Waals surface area contributed by atoms with Gasteiger partial charge >= 0.3 is 5.97 Å². The fourth-order valence-corrected chi connectivity index (χ4v) is 4.19. The number of benzene rings is 3. The minimum absolute atomic E-state index is 0.107. The molecule has 0 heterocycles. The van der Waals surface area contributed by atoms with Gasteiger partial charge in [-0.2, -0.15) is 0 Å². The molecule has 34 heavy (non-hydrogen) atoms. The molecule has 3 rings (SSSR count). The predicted octanol–water partition coefficient (Wildman–Crippen LogP) is 4.50. The van der Waals surface area contributed by atoms with Crippen LogP contribution in [-0.4, -0.2) is 40.5 Å². The first kappa shape index (κ1) is 25.3. The molecule has 0 saturated carbocycles. The van der Waals surface area contributed by atoms with Crippen molar-refractivity contribution in [3.63, 3.8) is 0 Å². The Morgan fingerprint density at radius 1 is 0.882 bits per heavy atom. The average Bonchev–Trinajstić information content (AvgIpc) is 2.79. The first-order valence-electron chi connectivity index (χ1n) is 10.2. The van der Waals surface area contributed by atoms with Gasteiger partial charge in [-0.25, -0.2) is 13.2 Å². The van der Waals surface area contributed by atoms with Gasteiger partial charge in [0.2, 0.25) is 0 Å². The second-order valence-electron chi connectivity index (χ2n) is 7.61. The predicted molar refractivity (Wildman–Crippen MR) is 136 cm³/mol. The number of nitrogens with one attached hydrogen (secondary N) is 2. The summed E-state index contributed by atoms with van der Waals surface area (Å²) in [5.41, 5.74) is 2.04. The molecule has 178 valence electrons. The zero-order chi connectivity index (χ0) is 24.9. The van der Waals surface area contributed by atoms with Crippen molar-refractivity contribution in [2.24, 2.45) is 0 Å². The van der Waals surface area contributed by atoms with Crippen LogP contribution in [0.15, 0.2) is 82.2 Å². The largest absolute Gasteiger partial charge is 0.449 e. The van der Waals surface area contributed by atoms with Gasteiger partial charge in [-0.05, 0) is 79.7 Å². The number of anilines is 3. The van der Waals surface area contributed by atoms with Gasteiger partial charge in [-0.1, -0.05) is 15.9 Å². The third-order valence-electron chi connectivity index (χ3n) is 4.80. The van der Waals surface area contributed by atoms with E-state index in [1.807, 2.05) is 31.1 Å². The van der Waals surface area contributed by atoms with Crippen LogP contribution in [0.25, 0.3) is 0 Å². The van der Waals surface area contributed by atoms with Gasteiger partial charge in [0, 0.05) is 35.6 Å². The van der Waals surface area contributed by atoms with Crippen LogP contribution in [0.3, 0.4) is 0 Å². The number of halogens is 1. The van der Waals surface area contributed by atoms with Crippen molar-refractivity contribution in [1.82, 2.24) is 0 Å². The second-order valence-corrected chi connectivity index (χ2v) is 10.2. The number of rotatable bonds is 8. The molecule has 0 aliphatic heterocycles. The van der Waals surface area contributed by atoms with Crippen molar-refractivity contribution in [1.29, 1.82) is 0 Å². The smallest absolute Gasteiger partial charge is 0.338 e. The van der Waals surface area contributed by atoms with Crippen molar-refractivity contribution >= 4 is 54.9 Å². The van der Waals surface area contributed by atoms with Crippen molar-refractivity contribution in [2.75, 3.05) is 29.0 Å². The normalized spacial score (nSPS) is 11.9. The lowest BCUT2D eigenvalue weighted by molar-refractivity contribution is -0.123. The summed E-state index contributed by atoms with van der Waals surface area (Å²) in [5, 5.41) is 2.70. The van der Waals surface area contributed by atoms with Gasteiger partial charge in [0.1, 0.15) is 0 Å². The summed E-state index contributed by atoms with van der Waals surface area (Å²) < 4.78 is 33.4. The molecule has 0 bridgehead atoms. The third kappa shape index (κ3) is 6.58. The Hall–Kier alpha value is -3.37. The molecule has 0 spiro atoms. The van der Waals surface area contributed by atoms with E-state index in [9.17, 15) is 18.0 Å². The van der Waals surface area contributed by atoms with Gasteiger partial charge in [0.05, 0.1) is 10.5 Å². The molecule has 8 nitrogen and oxygen atoms in total. The highest BCUT2D eigenvalue weighted by Crippen LogP contribution is 2.20. The molecule has 1 amide bonds. The van der Waals surface area contributed by atoms with Crippen LogP contribution in [0.2, 0.25) is 0 Å². The number of carbonyl (C=O) groups excluding carboxylic acids is 2. The monoisotopic (exact) mass is 545 g/mol. The van der Waals surface area contributed by atoms with E-state index in [1.165, 1.54) is 43.3 Å². The number of sulfonamides is 1. The van der Waals surface area contributed by atoms with Crippen LogP contribution in [0.5, 0.6) is 0 Å². The number of hydrogen-bond donors (Lipinski definition) is 2. The van der Waals surface area contributed by atoms with E-state index in [4.69, 9.17) is 4.74 Å². The lowest BCUT2D eigenvalue weighted by atomic mass is 10.2. The molecule has 10 heteroatoms. The zero-order valence-electron chi connectivity index (χ0n) is 18.8. The van der Waals surface area contributed by atoms with E-state index in [1.54, 1.807) is 24.3 Å². The minimum Gasteiger partial charge on any atom is -0.449 e. The Labute approximate surface area is 207 Å². The van der Waals surface area contributed by atoms with Crippen LogP contribution in [0, 0.1) is 0 Å². The summed E-state index contributed by atoms with van der Waals surface area (Å²) in [6.45, 7) is 1.47. The highest BCUT2D eigenvalue weighted by Gasteiger charge is 2.20. The summed E-state index contributed by atoms with van der Waals surface area (Å²) in [7, 11) is 0.0582. The number of ether oxygens (including phenoxy) is 1. The maximum Gasteiger partial charge on any atom is 0.338 e. The van der Waals surface area contributed by atoms with Crippen molar-refractivity contribution < 1.29 is 22.7 Å². The molecule has 0 fully saturated rings. The van der Waals surface area contributed by atoms with Crippen LogP contribution in [-0.2, 0) is 19.6 Å². The van der Waals surface area contributed by atoms with E-state index in [0.717, 1.165) is 10.2 Å². The van der Waals surface area contributed by atoms with Crippen LogP contribution < -0.4 is 14.9 Å². The first-order valence-corrected chi connectivity index (χ1v) is 12.5. The van der Waals surface area contributed by atoms with E-state index >= 15 is 0 Å². The number of hydrogen-bond acceptors (Lipinski definition) is 6. The van der Waals surface area contributed by atoms with Gasteiger partial charge in [-0.15, -0.1) is 0 Å². The molecular weight excluding hydrogens is 522 g/mol. The highest BCUT2D eigenvalue weighted by molar-refractivity contribution is 9.10. The molecular formula is C24H24BrN3O5S. The number of amides is 1. The van der Waals surface area contributed by atoms with E-state index in [0.29, 0.717) is 5.69 Å². The molecule has 2 N–H and O–H groups in total. The van der Waals surface area contributed by atoms with Crippen molar-refractivity contribution in [2.45, 2.75) is 17.9 Å². The lowest BCUT2D eigenvalue weighted by Gasteiger charge is -2.15. The van der Waals surface area contributed by atoms with E-state index in [2.05, 4.69) is 26.0 Å². The standard InChI is InChI=1S/C24H24BrN3O5S/c1-16(23(29)26-19-10-12-21(13-11-19)28(2)3)33-24(30)17-4-8-20(9-5-17)27-34(31,32)22-14-6-18(25)7-15-22/h4-16,27H,1-3H3,(H,26,29)/t16-/m0/s1. The van der Waals surface area contributed by atoms with Gasteiger partial charge < -0.3 is 15.0 Å². The molecule has 0 saturated heterocycles. The van der Waals surface area contributed by atoms with E-state index < -0.39 is 28.0 Å². The van der Waals surface area contributed by atoms with Crippen LogP contribution >= 0.6 is 15.9 Å². The number of carbonyl (C=O) groups is 2. The summed E-state index contributed by atoms with van der Waals surface area (Å²) >= 11 is 3.26. The molecule has 0 aromatic heterocycles. The van der Waals surface area contributed by atoms with Gasteiger partial charge in [0.25, 0.3) is 15.9 Å². The fourth-order valence-electron chi connectivity index (χ4n) is 2.87. The molecule has 0 radical (unpaired) electrons. The minimum atomic E-state index is -3.77. The first-order chi connectivity index (χ1) is 16.0. The number of nitrogens with zero attached hydrogens (tertiary/aromatic N) is 1. The van der Waals surface area contributed by atoms with E-state index in [-0.39, 0.29) is 16.1 Å². The Bertz CT molecular complexity index is 1260. The number of esters is 1. The second kappa shape index (κ2) is 10.7. The molecule has 0 aliphatic carbocycles. The summed E-state index contributed by atoms with van der Waals surface area (Å²) in [4.78, 5) is 26.9. The summed E-state index contributed by atoms with van der Waals surface area (Å²) in [5.74, 6) is -1.17. The van der Waals surface area contributed by atoms with Gasteiger partial charge in [0.15, 0.2) is 6.10 Å². The Kier molecular flexibility index (Phi) is 7.95. The third-order valence-corrected chi connectivity index (χ3v) is 6.73. The maximum absolute atomic E-state index is 12.5. The van der Waals surface area contributed by atoms with Crippen molar-refractivity contribution in [3.8, 4) is 0 Å². The SMILES string of the molecule is C[C@H](OC(=O)c1ccc(NS(=O)(=O)c2ccc(Br)cc2)cc1)C(=O)Nc1ccc(N(C)C)cc1. The molecule has 0 aliphatic rings. The summed E-state index contributed by atoms with van der Waals surface area (Å²) in [6, 6.07) is 19.2. The average molecular weight is 546 g/mol. The van der Waals surface area contributed by atoms with Crippen LogP contribution in [0.1, 0.15) is 17.3 Å². The zero-order valence-corrected chi connectivity index (χ0v) is 21.2. The Morgan fingerprint density at radius 2 is 1.44 bits per heavy atom. The summed E-state index contributed by atoms with van der Waals surface area (Å²) in [6.07, 6.45) is -1.03. The lowest BCUT2D eigenvalue weighted by Crippen LogP contribution is -2.30. The Morgan fingerprint density at radius 3 is 2.00 bits per heavy atom. The fraction of sp³-hybridized carbons (Fsp3) is 0.167. The van der Waals surface area contributed by atoms with Gasteiger partial charge in [-0.3, -0.25) is 9.52 Å². The Balaban J connectivity index is 1.58. The van der Waals surface area contributed by atoms with Crippen molar-refractivity contribution in [3.05, 3.63) is 82.8 Å².